The Morgan fingerprint density at radius 3 is 2.17 bits per heavy atom. The molecule has 0 rings (SSSR count). The van der Waals surface area contributed by atoms with Crippen LogP contribution in [0.4, 0.5) is 0 Å². The lowest BCUT2D eigenvalue weighted by Gasteiger charge is -2.18. The van der Waals surface area contributed by atoms with Gasteiger partial charge in [0.25, 0.3) is 0 Å². The topological polar surface area (TPSA) is 17.1 Å². The highest BCUT2D eigenvalue weighted by molar-refractivity contribution is 5.77. The van der Waals surface area contributed by atoms with Crippen molar-refractivity contribution in [2.45, 2.75) is 53.9 Å². The monoisotopic (exact) mass is 170 g/mol. The predicted octanol–water partition coefficient (Wildman–Crippen LogP) is 3.43. The molecule has 1 nitrogen and oxygen atoms in total. The second kappa shape index (κ2) is 4.64. The fourth-order valence-electron chi connectivity index (χ4n) is 1.14. The molecule has 1 heteroatoms. The Bertz CT molecular complexity index is 142. The molecule has 0 aliphatic rings. The Morgan fingerprint density at radius 2 is 1.83 bits per heavy atom. The van der Waals surface area contributed by atoms with Crippen LogP contribution < -0.4 is 0 Å². The van der Waals surface area contributed by atoms with Gasteiger partial charge in [-0.05, 0) is 25.2 Å². The molecule has 0 aromatic carbocycles. The minimum absolute atomic E-state index is 0.257. The molecular weight excluding hydrogens is 148 g/mol. The molecule has 0 aliphatic carbocycles. The maximum Gasteiger partial charge on any atom is 0.132 e. The maximum absolute atomic E-state index is 10.9. The summed E-state index contributed by atoms with van der Waals surface area (Å²) >= 11 is 0. The summed E-state index contributed by atoms with van der Waals surface area (Å²) in [7, 11) is 0. The molecule has 0 heterocycles. The van der Waals surface area contributed by atoms with Gasteiger partial charge < -0.3 is 0 Å². The smallest absolute Gasteiger partial charge is 0.132 e. The number of ketones is 1. The van der Waals surface area contributed by atoms with Crippen LogP contribution >= 0.6 is 0 Å². The molecule has 0 saturated heterocycles. The van der Waals surface area contributed by atoms with E-state index in [0.29, 0.717) is 11.2 Å². The quantitative estimate of drug-likeness (QED) is 0.631. The number of rotatable bonds is 4. The van der Waals surface area contributed by atoms with Crippen molar-refractivity contribution in [3.8, 4) is 0 Å². The van der Waals surface area contributed by atoms with E-state index in [9.17, 15) is 4.79 Å². The van der Waals surface area contributed by atoms with Crippen LogP contribution in [0.3, 0.4) is 0 Å². The third kappa shape index (κ3) is 6.38. The first kappa shape index (κ1) is 11.7. The van der Waals surface area contributed by atoms with Crippen LogP contribution in [0.15, 0.2) is 0 Å². The van der Waals surface area contributed by atoms with Crippen LogP contribution in [0.2, 0.25) is 0 Å². The molecule has 1 atom stereocenters. The fraction of sp³-hybridized carbons (Fsp3) is 0.909. The van der Waals surface area contributed by atoms with Gasteiger partial charge in [-0.2, -0.15) is 0 Å². The Morgan fingerprint density at radius 1 is 1.33 bits per heavy atom. The van der Waals surface area contributed by atoms with Crippen molar-refractivity contribution < 1.29 is 4.79 Å². The number of carbonyl (C=O) groups is 1. The van der Waals surface area contributed by atoms with Gasteiger partial charge in [0.1, 0.15) is 5.78 Å². The molecule has 0 aromatic rings. The average Bonchev–Trinajstić information content (AvgIpc) is 1.84. The molecule has 0 aromatic heterocycles. The first-order chi connectivity index (χ1) is 5.33. The Kier molecular flexibility index (Phi) is 4.51. The lowest BCUT2D eigenvalue weighted by atomic mass is 9.87. The molecule has 0 amide bonds. The highest BCUT2D eigenvalue weighted by atomic mass is 16.1. The molecule has 72 valence electrons. The van der Waals surface area contributed by atoms with Crippen LogP contribution in [0, 0.1) is 11.3 Å². The van der Waals surface area contributed by atoms with E-state index in [-0.39, 0.29) is 5.92 Å². The van der Waals surface area contributed by atoms with E-state index in [4.69, 9.17) is 0 Å². The summed E-state index contributed by atoms with van der Waals surface area (Å²) < 4.78 is 0. The molecular formula is C11H22O. The summed E-state index contributed by atoms with van der Waals surface area (Å²) in [4.78, 5) is 10.9. The van der Waals surface area contributed by atoms with Gasteiger partial charge in [0.2, 0.25) is 0 Å². The van der Waals surface area contributed by atoms with Gasteiger partial charge in [0.15, 0.2) is 0 Å². The predicted molar refractivity (Wildman–Crippen MR) is 53.2 cm³/mol. The first-order valence-corrected chi connectivity index (χ1v) is 4.83. The Labute approximate surface area is 76.6 Å². The van der Waals surface area contributed by atoms with E-state index in [2.05, 4.69) is 20.8 Å². The molecule has 1 unspecified atom stereocenters. The molecule has 0 spiro atoms. The zero-order chi connectivity index (χ0) is 9.78. The number of carbonyl (C=O) groups excluding carboxylic acids is 1. The van der Waals surface area contributed by atoms with Crippen molar-refractivity contribution in [2.24, 2.45) is 11.3 Å². The molecule has 0 saturated carbocycles. The van der Waals surface area contributed by atoms with Crippen LogP contribution in [-0.2, 0) is 4.79 Å². The van der Waals surface area contributed by atoms with Crippen LogP contribution in [0.5, 0.6) is 0 Å². The molecule has 0 aliphatic heterocycles. The van der Waals surface area contributed by atoms with Gasteiger partial charge >= 0.3 is 0 Å². The summed E-state index contributed by atoms with van der Waals surface area (Å²) in [6.07, 6.45) is 3.43. The van der Waals surface area contributed by atoms with Gasteiger partial charge in [0, 0.05) is 5.92 Å². The third-order valence-corrected chi connectivity index (χ3v) is 2.26. The molecule has 12 heavy (non-hydrogen) atoms. The SMILES string of the molecule is CC(=O)C(C)CCCC(C)(C)C. The summed E-state index contributed by atoms with van der Waals surface area (Å²) in [6.45, 7) is 10.4. The minimum Gasteiger partial charge on any atom is -0.300 e. The second-order valence-corrected chi connectivity index (χ2v) is 4.96. The number of hydrogen-bond acceptors (Lipinski definition) is 1. The van der Waals surface area contributed by atoms with Crippen LogP contribution in [0.25, 0.3) is 0 Å². The van der Waals surface area contributed by atoms with Crippen LogP contribution in [0.1, 0.15) is 53.9 Å². The minimum atomic E-state index is 0.257. The number of hydrogen-bond donors (Lipinski definition) is 0. The zero-order valence-corrected chi connectivity index (χ0v) is 9.11. The van der Waals surface area contributed by atoms with E-state index >= 15 is 0 Å². The number of Topliss-reactive ketones (excluding diaryl/α,β-unsaturated/α-hetero) is 1. The lowest BCUT2D eigenvalue weighted by Crippen LogP contribution is -2.09. The van der Waals surface area contributed by atoms with Gasteiger partial charge in [-0.1, -0.05) is 34.1 Å². The van der Waals surface area contributed by atoms with Crippen molar-refractivity contribution in [2.75, 3.05) is 0 Å². The van der Waals surface area contributed by atoms with Crippen molar-refractivity contribution >= 4 is 5.78 Å². The molecule has 0 bridgehead atoms. The van der Waals surface area contributed by atoms with Crippen LogP contribution in [-0.4, -0.2) is 5.78 Å². The highest BCUT2D eigenvalue weighted by Crippen LogP contribution is 2.23. The molecule has 0 radical (unpaired) electrons. The molecule has 0 N–H and O–H groups in total. The van der Waals surface area contributed by atoms with Gasteiger partial charge in [0.05, 0.1) is 0 Å². The van der Waals surface area contributed by atoms with E-state index in [1.165, 1.54) is 12.8 Å². The largest absolute Gasteiger partial charge is 0.300 e. The van der Waals surface area contributed by atoms with Crippen molar-refractivity contribution in [3.05, 3.63) is 0 Å². The van der Waals surface area contributed by atoms with Gasteiger partial charge in [-0.3, -0.25) is 4.79 Å². The summed E-state index contributed by atoms with van der Waals surface area (Å²) in [5, 5.41) is 0. The standard InChI is InChI=1S/C11H22O/c1-9(10(2)12)7-6-8-11(3,4)5/h9H,6-8H2,1-5H3. The summed E-state index contributed by atoms with van der Waals surface area (Å²) in [5.74, 6) is 0.580. The Balaban J connectivity index is 3.51. The molecule has 0 fully saturated rings. The van der Waals surface area contributed by atoms with E-state index in [1.807, 2.05) is 6.92 Å². The van der Waals surface area contributed by atoms with E-state index < -0.39 is 0 Å². The zero-order valence-electron chi connectivity index (χ0n) is 9.11. The second-order valence-electron chi connectivity index (χ2n) is 4.96. The average molecular weight is 170 g/mol. The van der Waals surface area contributed by atoms with Crippen molar-refractivity contribution in [1.82, 2.24) is 0 Å². The summed E-state index contributed by atoms with van der Waals surface area (Å²) in [6, 6.07) is 0. The van der Waals surface area contributed by atoms with Crippen molar-refractivity contribution in [1.29, 1.82) is 0 Å². The van der Waals surface area contributed by atoms with Gasteiger partial charge in [-0.25, -0.2) is 0 Å². The normalized spacial score (nSPS) is 14.4. The van der Waals surface area contributed by atoms with Gasteiger partial charge in [-0.15, -0.1) is 0 Å². The van der Waals surface area contributed by atoms with E-state index in [0.717, 1.165) is 6.42 Å². The fourth-order valence-corrected chi connectivity index (χ4v) is 1.14. The lowest BCUT2D eigenvalue weighted by molar-refractivity contribution is -0.120. The first-order valence-electron chi connectivity index (χ1n) is 4.83. The Hall–Kier alpha value is -0.330. The third-order valence-electron chi connectivity index (χ3n) is 2.26. The highest BCUT2D eigenvalue weighted by Gasteiger charge is 2.12. The van der Waals surface area contributed by atoms with Crippen molar-refractivity contribution in [3.63, 3.8) is 0 Å². The van der Waals surface area contributed by atoms with E-state index in [1.54, 1.807) is 6.92 Å². The maximum atomic E-state index is 10.9. The summed E-state index contributed by atoms with van der Waals surface area (Å²) in [5.41, 5.74) is 0.413.